The lowest BCUT2D eigenvalue weighted by molar-refractivity contribution is -0.477. The molecule has 2 aliphatic rings. The van der Waals surface area contributed by atoms with E-state index in [1.807, 2.05) is 6.08 Å². The maximum atomic E-state index is 9.29. The highest BCUT2D eigenvalue weighted by Gasteiger charge is 2.20. The van der Waals surface area contributed by atoms with Gasteiger partial charge in [0.25, 0.3) is 0 Å². The standard InChI is InChI=1S/C10H17N3O2/c14-8-2-1-7(11-4-8)3-10-12-5-9(15)6-13-10/h1,8-9,11,14-15H,2-6H2,(H,12,13)/p+1. The van der Waals surface area contributed by atoms with E-state index in [0.717, 1.165) is 24.4 Å². The van der Waals surface area contributed by atoms with Crippen LogP contribution < -0.4 is 15.6 Å². The summed E-state index contributed by atoms with van der Waals surface area (Å²) < 4.78 is 0. The topological polar surface area (TPSA) is 78.5 Å². The van der Waals surface area contributed by atoms with Crippen molar-refractivity contribution < 1.29 is 15.2 Å². The van der Waals surface area contributed by atoms with Crippen LogP contribution in [-0.2, 0) is 0 Å². The van der Waals surface area contributed by atoms with Crippen LogP contribution in [0.4, 0.5) is 0 Å². The lowest BCUT2D eigenvalue weighted by atomic mass is 10.1. The van der Waals surface area contributed by atoms with Gasteiger partial charge in [0.1, 0.15) is 19.2 Å². The summed E-state index contributed by atoms with van der Waals surface area (Å²) in [5, 5.41) is 24.9. The Hall–Kier alpha value is -1.07. The van der Waals surface area contributed by atoms with E-state index >= 15 is 0 Å². The quantitative estimate of drug-likeness (QED) is 0.339. The lowest BCUT2D eigenvalue weighted by Gasteiger charge is -2.20. The Labute approximate surface area is 88.9 Å². The van der Waals surface area contributed by atoms with Gasteiger partial charge in [-0.15, -0.1) is 0 Å². The van der Waals surface area contributed by atoms with Gasteiger partial charge in [-0.2, -0.15) is 0 Å². The van der Waals surface area contributed by atoms with Gasteiger partial charge in [0, 0.05) is 12.2 Å². The molecule has 2 unspecified atom stereocenters. The highest BCUT2D eigenvalue weighted by molar-refractivity contribution is 5.79. The molecule has 2 atom stereocenters. The molecule has 0 aromatic rings. The van der Waals surface area contributed by atoms with Crippen LogP contribution in [0.5, 0.6) is 0 Å². The molecule has 15 heavy (non-hydrogen) atoms. The zero-order valence-electron chi connectivity index (χ0n) is 8.66. The first kappa shape index (κ1) is 10.4. The molecule has 2 aliphatic heterocycles. The number of hydrogen-bond acceptors (Lipinski definition) is 4. The number of aliphatic hydroxyl groups excluding tert-OH is 2. The number of amidine groups is 1. The van der Waals surface area contributed by atoms with E-state index in [0.29, 0.717) is 19.6 Å². The van der Waals surface area contributed by atoms with Gasteiger partial charge in [0.2, 0.25) is 5.84 Å². The van der Waals surface area contributed by atoms with E-state index in [4.69, 9.17) is 0 Å². The number of β-amino-alcohol motifs (C(OH)–C–C–N with tert-alkyl or cyclic N) is 2. The first-order chi connectivity index (χ1) is 7.24. The summed E-state index contributed by atoms with van der Waals surface area (Å²) in [7, 11) is 0. The van der Waals surface area contributed by atoms with Crippen LogP contribution >= 0.6 is 0 Å². The van der Waals surface area contributed by atoms with Crippen LogP contribution in [0.2, 0.25) is 0 Å². The Morgan fingerprint density at radius 1 is 1.27 bits per heavy atom. The van der Waals surface area contributed by atoms with Gasteiger partial charge in [0.15, 0.2) is 0 Å². The summed E-state index contributed by atoms with van der Waals surface area (Å²) in [6.07, 6.45) is 2.98. The minimum atomic E-state index is -0.302. The number of nitrogens with one attached hydrogen (secondary N) is 3. The summed E-state index contributed by atoms with van der Waals surface area (Å²) in [6, 6.07) is 0. The predicted octanol–water partition coefficient (Wildman–Crippen LogP) is -2.94. The summed E-state index contributed by atoms with van der Waals surface area (Å²) in [6.45, 7) is 1.85. The summed E-state index contributed by atoms with van der Waals surface area (Å²) >= 11 is 0. The maximum absolute atomic E-state index is 9.29. The zero-order chi connectivity index (χ0) is 10.7. The molecule has 5 heteroatoms. The second-order valence-corrected chi connectivity index (χ2v) is 4.07. The van der Waals surface area contributed by atoms with E-state index in [9.17, 15) is 10.2 Å². The van der Waals surface area contributed by atoms with Crippen molar-refractivity contribution in [1.82, 2.24) is 10.6 Å². The molecule has 0 aliphatic carbocycles. The molecule has 5 N–H and O–H groups in total. The first-order valence-electron chi connectivity index (χ1n) is 5.36. The van der Waals surface area contributed by atoms with Crippen molar-refractivity contribution in [3.8, 4) is 0 Å². The fraction of sp³-hybridized carbons (Fsp3) is 0.700. The van der Waals surface area contributed by atoms with Crippen molar-refractivity contribution >= 4 is 5.84 Å². The predicted molar refractivity (Wildman–Crippen MR) is 56.2 cm³/mol. The molecule has 0 saturated heterocycles. The van der Waals surface area contributed by atoms with Crippen molar-refractivity contribution in [2.45, 2.75) is 25.0 Å². The summed E-state index contributed by atoms with van der Waals surface area (Å²) in [5.74, 6) is 1.04. The van der Waals surface area contributed by atoms with Gasteiger partial charge in [-0.05, 0) is 6.42 Å². The monoisotopic (exact) mass is 212 g/mol. The lowest BCUT2D eigenvalue weighted by Crippen LogP contribution is -2.82. The third-order valence-electron chi connectivity index (χ3n) is 2.67. The van der Waals surface area contributed by atoms with Gasteiger partial charge in [-0.1, -0.05) is 6.08 Å². The van der Waals surface area contributed by atoms with Crippen LogP contribution in [0.15, 0.2) is 11.8 Å². The molecule has 0 bridgehead atoms. The van der Waals surface area contributed by atoms with Gasteiger partial charge < -0.3 is 15.5 Å². The Balaban J connectivity index is 1.87. The van der Waals surface area contributed by atoms with Gasteiger partial charge >= 0.3 is 0 Å². The molecule has 0 aromatic heterocycles. The van der Waals surface area contributed by atoms with Gasteiger partial charge in [0.05, 0.1) is 12.5 Å². The molecule has 0 amide bonds. The third kappa shape index (κ3) is 2.94. The van der Waals surface area contributed by atoms with Crippen molar-refractivity contribution in [1.29, 1.82) is 0 Å². The molecule has 0 aromatic carbocycles. The van der Waals surface area contributed by atoms with Crippen LogP contribution in [-0.4, -0.2) is 47.9 Å². The second kappa shape index (κ2) is 4.63. The van der Waals surface area contributed by atoms with Crippen LogP contribution in [0.25, 0.3) is 0 Å². The second-order valence-electron chi connectivity index (χ2n) is 4.07. The zero-order valence-corrected chi connectivity index (χ0v) is 8.66. The minimum absolute atomic E-state index is 0.257. The molecule has 2 heterocycles. The smallest absolute Gasteiger partial charge is 0.248 e. The van der Waals surface area contributed by atoms with E-state index in [-0.39, 0.29) is 12.2 Å². The van der Waals surface area contributed by atoms with Crippen molar-refractivity contribution in [2.24, 2.45) is 0 Å². The fourth-order valence-electron chi connectivity index (χ4n) is 1.75. The number of hydrogen-bond donors (Lipinski definition) is 5. The highest BCUT2D eigenvalue weighted by atomic mass is 16.3. The van der Waals surface area contributed by atoms with E-state index in [1.54, 1.807) is 0 Å². The molecule has 0 saturated carbocycles. The SMILES string of the molecule is OC1CC=C(CC2=[NH+]CC(O)CN2)NC1. The molecule has 2 rings (SSSR count). The normalized spacial score (nSPS) is 31.1. The van der Waals surface area contributed by atoms with Gasteiger partial charge in [-0.25, -0.2) is 0 Å². The first-order valence-corrected chi connectivity index (χ1v) is 5.36. The van der Waals surface area contributed by atoms with Crippen LogP contribution in [0.1, 0.15) is 12.8 Å². The van der Waals surface area contributed by atoms with E-state index in [2.05, 4.69) is 15.6 Å². The molecule has 84 valence electrons. The Morgan fingerprint density at radius 2 is 2.07 bits per heavy atom. The average Bonchev–Trinajstić information content (AvgIpc) is 2.25. The van der Waals surface area contributed by atoms with Crippen molar-refractivity contribution in [2.75, 3.05) is 19.6 Å². The Bertz CT molecular complexity index is 260. The Kier molecular flexibility index (Phi) is 3.23. The molecule has 0 spiro atoms. The molecule has 0 fully saturated rings. The minimum Gasteiger partial charge on any atom is -0.391 e. The van der Waals surface area contributed by atoms with E-state index in [1.165, 1.54) is 0 Å². The third-order valence-corrected chi connectivity index (χ3v) is 2.67. The number of aliphatic hydroxyl groups is 2. The van der Waals surface area contributed by atoms with E-state index < -0.39 is 0 Å². The van der Waals surface area contributed by atoms with Crippen molar-refractivity contribution in [3.63, 3.8) is 0 Å². The van der Waals surface area contributed by atoms with Crippen LogP contribution in [0.3, 0.4) is 0 Å². The summed E-state index contributed by atoms with van der Waals surface area (Å²) in [4.78, 5) is 3.14. The largest absolute Gasteiger partial charge is 0.391 e. The summed E-state index contributed by atoms with van der Waals surface area (Å²) in [5.41, 5.74) is 1.13. The van der Waals surface area contributed by atoms with Crippen molar-refractivity contribution in [3.05, 3.63) is 11.8 Å². The molecular weight excluding hydrogens is 194 g/mol. The molecule has 0 radical (unpaired) electrons. The molecule has 5 nitrogen and oxygen atoms in total. The Morgan fingerprint density at radius 3 is 2.67 bits per heavy atom. The highest BCUT2D eigenvalue weighted by Crippen LogP contribution is 2.07. The maximum Gasteiger partial charge on any atom is 0.248 e. The number of rotatable bonds is 2. The van der Waals surface area contributed by atoms with Crippen LogP contribution in [0, 0.1) is 0 Å². The fourth-order valence-corrected chi connectivity index (χ4v) is 1.75. The van der Waals surface area contributed by atoms with Gasteiger partial charge in [-0.3, -0.25) is 10.3 Å². The molecular formula is C10H18N3O2+. The average molecular weight is 212 g/mol.